The van der Waals surface area contributed by atoms with E-state index < -0.39 is 5.91 Å². The van der Waals surface area contributed by atoms with Gasteiger partial charge in [-0.2, -0.15) is 5.10 Å². The molecule has 0 aliphatic carbocycles. The van der Waals surface area contributed by atoms with Crippen LogP contribution < -0.4 is 5.73 Å². The van der Waals surface area contributed by atoms with E-state index in [0.717, 1.165) is 12.1 Å². The molecule has 2 N–H and O–H groups in total. The van der Waals surface area contributed by atoms with E-state index in [1.807, 2.05) is 13.1 Å². The van der Waals surface area contributed by atoms with Gasteiger partial charge in [0.15, 0.2) is 0 Å². The van der Waals surface area contributed by atoms with Gasteiger partial charge in [-0.15, -0.1) is 0 Å². The molecule has 0 fully saturated rings. The summed E-state index contributed by atoms with van der Waals surface area (Å²) in [6.07, 6.45) is 6.49. The molecule has 0 atom stereocenters. The van der Waals surface area contributed by atoms with Crippen molar-refractivity contribution in [2.45, 2.75) is 13.5 Å². The molecule has 1 rings (SSSR count). The molecule has 4 heteroatoms. The Labute approximate surface area is 70.7 Å². The van der Waals surface area contributed by atoms with Gasteiger partial charge in [-0.3, -0.25) is 9.48 Å². The monoisotopic (exact) mass is 165 g/mol. The Morgan fingerprint density at radius 1 is 1.83 bits per heavy atom. The molecule has 0 unspecified atom stereocenters. The van der Waals surface area contributed by atoms with Gasteiger partial charge >= 0.3 is 0 Å². The van der Waals surface area contributed by atoms with E-state index in [9.17, 15) is 4.79 Å². The zero-order valence-electron chi connectivity index (χ0n) is 6.90. The van der Waals surface area contributed by atoms with Crippen molar-refractivity contribution in [1.29, 1.82) is 0 Å². The molecule has 1 aromatic rings. The second-order valence-electron chi connectivity index (χ2n) is 2.37. The highest BCUT2D eigenvalue weighted by Crippen LogP contribution is 1.99. The molecule has 0 bridgehead atoms. The predicted octanol–water partition coefficient (Wildman–Crippen LogP) is 0.402. The molecule has 0 spiro atoms. The number of aryl methyl sites for hydroxylation is 1. The number of carbonyl (C=O) groups excluding carboxylic acids is 1. The van der Waals surface area contributed by atoms with Gasteiger partial charge < -0.3 is 5.73 Å². The maximum atomic E-state index is 10.4. The van der Waals surface area contributed by atoms with Crippen LogP contribution in [0.15, 0.2) is 18.5 Å². The van der Waals surface area contributed by atoms with Gasteiger partial charge in [0.05, 0.1) is 6.20 Å². The molecule has 0 aliphatic rings. The van der Waals surface area contributed by atoms with E-state index in [2.05, 4.69) is 5.10 Å². The van der Waals surface area contributed by atoms with Crippen molar-refractivity contribution in [2.24, 2.45) is 5.73 Å². The number of hydrogen-bond acceptors (Lipinski definition) is 2. The topological polar surface area (TPSA) is 60.9 Å². The summed E-state index contributed by atoms with van der Waals surface area (Å²) in [6.45, 7) is 2.82. The number of nitrogens with two attached hydrogens (primary N) is 1. The second-order valence-corrected chi connectivity index (χ2v) is 2.37. The average molecular weight is 165 g/mol. The van der Waals surface area contributed by atoms with E-state index in [4.69, 9.17) is 5.73 Å². The van der Waals surface area contributed by atoms with Crippen molar-refractivity contribution in [3.05, 3.63) is 24.0 Å². The maximum absolute atomic E-state index is 10.4. The first-order chi connectivity index (χ1) is 5.72. The Bertz CT molecular complexity index is 301. The molecule has 1 heterocycles. The summed E-state index contributed by atoms with van der Waals surface area (Å²) >= 11 is 0. The van der Waals surface area contributed by atoms with Crippen LogP contribution in [0.3, 0.4) is 0 Å². The molecular weight excluding hydrogens is 154 g/mol. The fourth-order valence-electron chi connectivity index (χ4n) is 0.817. The Balaban J connectivity index is 2.70. The number of primary amides is 1. The summed E-state index contributed by atoms with van der Waals surface area (Å²) < 4.78 is 1.78. The molecule has 0 aliphatic heterocycles. The van der Waals surface area contributed by atoms with E-state index in [-0.39, 0.29) is 0 Å². The number of rotatable bonds is 3. The largest absolute Gasteiger partial charge is 0.366 e. The predicted molar refractivity (Wildman–Crippen MR) is 46.1 cm³/mol. The summed E-state index contributed by atoms with van der Waals surface area (Å²) in [4.78, 5) is 10.4. The molecule has 64 valence electrons. The van der Waals surface area contributed by atoms with E-state index in [0.29, 0.717) is 0 Å². The van der Waals surface area contributed by atoms with Crippen molar-refractivity contribution in [3.8, 4) is 0 Å². The molecule has 0 aromatic carbocycles. The van der Waals surface area contributed by atoms with Crippen molar-refractivity contribution in [2.75, 3.05) is 0 Å². The van der Waals surface area contributed by atoms with Crippen LogP contribution in [0.4, 0.5) is 0 Å². The number of hydrogen-bond donors (Lipinski definition) is 1. The minimum Gasteiger partial charge on any atom is -0.366 e. The summed E-state index contributed by atoms with van der Waals surface area (Å²) in [5, 5.41) is 4.03. The fraction of sp³-hybridized carbons (Fsp3) is 0.250. The van der Waals surface area contributed by atoms with Gasteiger partial charge in [0.1, 0.15) is 0 Å². The van der Waals surface area contributed by atoms with Gasteiger partial charge in [-0.25, -0.2) is 0 Å². The molecule has 0 radical (unpaired) electrons. The van der Waals surface area contributed by atoms with Gasteiger partial charge in [0, 0.05) is 24.4 Å². The highest BCUT2D eigenvalue weighted by molar-refractivity contribution is 5.90. The first kappa shape index (κ1) is 8.52. The van der Waals surface area contributed by atoms with Crippen molar-refractivity contribution < 1.29 is 4.79 Å². The zero-order chi connectivity index (χ0) is 8.97. The van der Waals surface area contributed by atoms with Gasteiger partial charge in [0.25, 0.3) is 0 Å². The Morgan fingerprint density at radius 3 is 3.08 bits per heavy atom. The SMILES string of the molecule is CCn1cc(/C=C/C(N)=O)cn1. The third-order valence-electron chi connectivity index (χ3n) is 1.42. The molecular formula is C8H11N3O. The lowest BCUT2D eigenvalue weighted by atomic mass is 10.3. The van der Waals surface area contributed by atoms with Crippen molar-refractivity contribution in [3.63, 3.8) is 0 Å². The number of carbonyl (C=O) groups is 1. The third-order valence-corrected chi connectivity index (χ3v) is 1.42. The first-order valence-corrected chi connectivity index (χ1v) is 3.72. The van der Waals surface area contributed by atoms with Crippen LogP contribution in [-0.4, -0.2) is 15.7 Å². The van der Waals surface area contributed by atoms with E-state index in [1.165, 1.54) is 6.08 Å². The maximum Gasteiger partial charge on any atom is 0.241 e. The van der Waals surface area contributed by atoms with E-state index in [1.54, 1.807) is 17.0 Å². The van der Waals surface area contributed by atoms with Gasteiger partial charge in [0.2, 0.25) is 5.91 Å². The number of nitrogens with zero attached hydrogens (tertiary/aromatic N) is 2. The lowest BCUT2D eigenvalue weighted by Crippen LogP contribution is -2.04. The molecule has 12 heavy (non-hydrogen) atoms. The summed E-state index contributed by atoms with van der Waals surface area (Å²) in [5.74, 6) is -0.445. The molecule has 0 saturated heterocycles. The van der Waals surface area contributed by atoms with Crippen LogP contribution in [-0.2, 0) is 11.3 Å². The van der Waals surface area contributed by atoms with Crippen LogP contribution in [0, 0.1) is 0 Å². The average Bonchev–Trinajstić information content (AvgIpc) is 2.48. The Morgan fingerprint density at radius 2 is 2.58 bits per heavy atom. The zero-order valence-corrected chi connectivity index (χ0v) is 6.90. The van der Waals surface area contributed by atoms with E-state index >= 15 is 0 Å². The second kappa shape index (κ2) is 3.71. The first-order valence-electron chi connectivity index (χ1n) is 3.72. The van der Waals surface area contributed by atoms with Crippen LogP contribution in [0.2, 0.25) is 0 Å². The fourth-order valence-corrected chi connectivity index (χ4v) is 0.817. The van der Waals surface area contributed by atoms with Crippen molar-refractivity contribution >= 4 is 12.0 Å². The van der Waals surface area contributed by atoms with Gasteiger partial charge in [-0.1, -0.05) is 0 Å². The van der Waals surface area contributed by atoms with Gasteiger partial charge in [-0.05, 0) is 13.0 Å². The lowest BCUT2D eigenvalue weighted by molar-refractivity contribution is -0.113. The summed E-state index contributed by atoms with van der Waals surface area (Å²) in [7, 11) is 0. The standard InChI is InChI=1S/C8H11N3O/c1-2-11-6-7(5-10-11)3-4-8(9)12/h3-6H,2H2,1H3,(H2,9,12)/b4-3+. The molecule has 0 saturated carbocycles. The summed E-state index contributed by atoms with van der Waals surface area (Å²) in [6, 6.07) is 0. The van der Waals surface area contributed by atoms with Crippen molar-refractivity contribution in [1.82, 2.24) is 9.78 Å². The molecule has 4 nitrogen and oxygen atoms in total. The quantitative estimate of drug-likeness (QED) is 0.659. The smallest absolute Gasteiger partial charge is 0.241 e. The third kappa shape index (κ3) is 2.23. The van der Waals surface area contributed by atoms with Crippen LogP contribution in [0.5, 0.6) is 0 Å². The number of amides is 1. The van der Waals surface area contributed by atoms with Crippen LogP contribution in [0.25, 0.3) is 6.08 Å². The normalized spacial score (nSPS) is 10.8. The molecule has 1 aromatic heterocycles. The highest BCUT2D eigenvalue weighted by atomic mass is 16.1. The minimum absolute atomic E-state index is 0.445. The highest BCUT2D eigenvalue weighted by Gasteiger charge is 1.92. The van der Waals surface area contributed by atoms with Crippen LogP contribution in [0.1, 0.15) is 12.5 Å². The summed E-state index contributed by atoms with van der Waals surface area (Å²) in [5.41, 5.74) is 5.81. The lowest BCUT2D eigenvalue weighted by Gasteiger charge is -1.89. The Hall–Kier alpha value is -1.58. The minimum atomic E-state index is -0.445. The number of aromatic nitrogens is 2. The van der Waals surface area contributed by atoms with Crippen LogP contribution >= 0.6 is 0 Å². The molecule has 1 amide bonds. The Kier molecular flexibility index (Phi) is 2.63.